The number of carboxylic acids is 1. The normalized spacial score (nSPS) is 12.4. The van der Waals surface area contributed by atoms with E-state index >= 15 is 0 Å². The molecule has 1 rings (SSSR count). The van der Waals surface area contributed by atoms with Gasteiger partial charge in [0.05, 0.1) is 5.56 Å². The fourth-order valence-corrected chi connectivity index (χ4v) is 1.37. The van der Waals surface area contributed by atoms with Crippen LogP contribution in [0, 0.1) is 0 Å². The number of rotatable bonds is 2. The summed E-state index contributed by atoms with van der Waals surface area (Å²) in [6, 6.07) is 6.11. The molecule has 0 aliphatic heterocycles. The summed E-state index contributed by atoms with van der Waals surface area (Å²) in [6.45, 7) is 0. The Labute approximate surface area is 72.5 Å². The van der Waals surface area contributed by atoms with E-state index in [-0.39, 0.29) is 5.56 Å². The third-order valence-electron chi connectivity index (χ3n) is 1.41. The largest absolute Gasteiger partial charge is 0.478 e. The molecule has 0 aliphatic rings. The lowest BCUT2D eigenvalue weighted by atomic mass is 10.2. The van der Waals surface area contributed by atoms with Crippen molar-refractivity contribution in [1.82, 2.24) is 0 Å². The average molecular weight is 184 g/mol. The SMILES string of the molecule is C[S@@](=O)c1cccc(C(=O)O)c1. The van der Waals surface area contributed by atoms with Crippen LogP contribution in [0.4, 0.5) is 0 Å². The summed E-state index contributed by atoms with van der Waals surface area (Å²) >= 11 is 0. The third-order valence-corrected chi connectivity index (χ3v) is 2.33. The number of hydrogen-bond donors (Lipinski definition) is 1. The minimum Gasteiger partial charge on any atom is -0.478 e. The van der Waals surface area contributed by atoms with Crippen molar-refractivity contribution >= 4 is 16.8 Å². The second-order valence-corrected chi connectivity index (χ2v) is 3.67. The molecule has 0 amide bonds. The van der Waals surface area contributed by atoms with Gasteiger partial charge in [0.2, 0.25) is 0 Å². The second kappa shape index (κ2) is 3.49. The van der Waals surface area contributed by atoms with Crippen LogP contribution in [0.25, 0.3) is 0 Å². The molecule has 0 bridgehead atoms. The van der Waals surface area contributed by atoms with E-state index in [1.807, 2.05) is 0 Å². The summed E-state index contributed by atoms with van der Waals surface area (Å²) in [6.07, 6.45) is 1.51. The summed E-state index contributed by atoms with van der Waals surface area (Å²) in [5.41, 5.74) is 0.169. The highest BCUT2D eigenvalue weighted by molar-refractivity contribution is 7.84. The van der Waals surface area contributed by atoms with Crippen LogP contribution in [-0.2, 0) is 10.8 Å². The molecule has 0 unspecified atom stereocenters. The van der Waals surface area contributed by atoms with Gasteiger partial charge >= 0.3 is 5.97 Å². The summed E-state index contributed by atoms with van der Waals surface area (Å²) in [5, 5.41) is 8.59. The highest BCUT2D eigenvalue weighted by Crippen LogP contribution is 2.08. The van der Waals surface area contributed by atoms with Gasteiger partial charge in [-0.1, -0.05) is 6.07 Å². The zero-order valence-electron chi connectivity index (χ0n) is 6.48. The van der Waals surface area contributed by atoms with Crippen molar-refractivity contribution in [2.45, 2.75) is 4.90 Å². The number of benzene rings is 1. The Morgan fingerprint density at radius 2 is 2.17 bits per heavy atom. The average Bonchev–Trinajstić information content (AvgIpc) is 2.04. The van der Waals surface area contributed by atoms with E-state index in [0.29, 0.717) is 4.90 Å². The van der Waals surface area contributed by atoms with Crippen LogP contribution < -0.4 is 0 Å². The first-order valence-electron chi connectivity index (χ1n) is 3.28. The Hall–Kier alpha value is -1.16. The van der Waals surface area contributed by atoms with E-state index < -0.39 is 16.8 Å². The molecule has 0 saturated carbocycles. The van der Waals surface area contributed by atoms with Crippen LogP contribution in [-0.4, -0.2) is 21.5 Å². The maximum absolute atomic E-state index is 10.9. The Morgan fingerprint density at radius 3 is 2.67 bits per heavy atom. The van der Waals surface area contributed by atoms with Gasteiger partial charge in [0.15, 0.2) is 0 Å². The van der Waals surface area contributed by atoms with Crippen LogP contribution >= 0.6 is 0 Å². The lowest BCUT2D eigenvalue weighted by molar-refractivity contribution is 0.0696. The van der Waals surface area contributed by atoms with E-state index in [0.717, 1.165) is 0 Å². The Morgan fingerprint density at radius 1 is 1.50 bits per heavy atom. The van der Waals surface area contributed by atoms with E-state index in [4.69, 9.17) is 5.11 Å². The minimum absolute atomic E-state index is 0.169. The van der Waals surface area contributed by atoms with Crippen molar-refractivity contribution in [1.29, 1.82) is 0 Å². The first-order valence-corrected chi connectivity index (χ1v) is 4.84. The molecule has 0 aromatic heterocycles. The molecule has 3 nitrogen and oxygen atoms in total. The summed E-state index contributed by atoms with van der Waals surface area (Å²) < 4.78 is 10.9. The van der Waals surface area contributed by atoms with Gasteiger partial charge in [-0.15, -0.1) is 0 Å². The topological polar surface area (TPSA) is 54.4 Å². The van der Waals surface area contributed by atoms with Crippen molar-refractivity contribution in [2.24, 2.45) is 0 Å². The van der Waals surface area contributed by atoms with E-state index in [9.17, 15) is 9.00 Å². The van der Waals surface area contributed by atoms with Crippen molar-refractivity contribution in [3.63, 3.8) is 0 Å². The number of hydrogen-bond acceptors (Lipinski definition) is 2. The Balaban J connectivity index is 3.12. The van der Waals surface area contributed by atoms with Gasteiger partial charge in [-0.3, -0.25) is 4.21 Å². The van der Waals surface area contributed by atoms with Crippen LogP contribution in [0.15, 0.2) is 29.2 Å². The number of carbonyl (C=O) groups is 1. The fraction of sp³-hybridized carbons (Fsp3) is 0.125. The van der Waals surface area contributed by atoms with Crippen LogP contribution in [0.1, 0.15) is 10.4 Å². The minimum atomic E-state index is -1.12. The second-order valence-electron chi connectivity index (χ2n) is 2.29. The van der Waals surface area contributed by atoms with Gasteiger partial charge in [0.25, 0.3) is 0 Å². The Bertz CT molecular complexity index is 304. The van der Waals surface area contributed by atoms with Crippen molar-refractivity contribution in [3.05, 3.63) is 29.8 Å². The summed E-state index contributed by atoms with van der Waals surface area (Å²) in [5.74, 6) is -0.998. The first-order chi connectivity index (χ1) is 5.61. The number of carboxylic acid groups (broad SMARTS) is 1. The molecule has 0 aliphatic carbocycles. The van der Waals surface area contributed by atoms with Gasteiger partial charge < -0.3 is 5.11 Å². The van der Waals surface area contributed by atoms with Crippen LogP contribution in [0.3, 0.4) is 0 Å². The maximum atomic E-state index is 10.9. The quantitative estimate of drug-likeness (QED) is 0.749. The molecule has 1 N–H and O–H groups in total. The molecule has 0 heterocycles. The van der Waals surface area contributed by atoms with E-state index in [2.05, 4.69) is 0 Å². The highest BCUT2D eigenvalue weighted by Gasteiger charge is 2.04. The zero-order valence-corrected chi connectivity index (χ0v) is 7.30. The molecule has 0 saturated heterocycles. The maximum Gasteiger partial charge on any atom is 0.335 e. The molecule has 1 atom stereocenters. The Kier molecular flexibility index (Phi) is 2.60. The molecule has 12 heavy (non-hydrogen) atoms. The van der Waals surface area contributed by atoms with E-state index in [1.54, 1.807) is 12.1 Å². The van der Waals surface area contributed by atoms with Gasteiger partial charge in [0.1, 0.15) is 0 Å². The summed E-state index contributed by atoms with van der Waals surface area (Å²) in [4.78, 5) is 11.0. The van der Waals surface area contributed by atoms with Gasteiger partial charge in [0, 0.05) is 22.0 Å². The molecule has 4 heteroatoms. The monoisotopic (exact) mass is 184 g/mol. The molecular formula is C8H8O3S. The molecule has 0 fully saturated rings. The number of aromatic carboxylic acids is 1. The standard InChI is InChI=1S/C8H8O3S/c1-12(11)7-4-2-3-6(5-7)8(9)10/h2-5H,1H3,(H,9,10)/t12-/m1/s1. The van der Waals surface area contributed by atoms with Crippen LogP contribution in [0.5, 0.6) is 0 Å². The zero-order chi connectivity index (χ0) is 9.14. The molecular weight excluding hydrogens is 176 g/mol. The van der Waals surface area contributed by atoms with Crippen molar-refractivity contribution in [2.75, 3.05) is 6.26 Å². The summed E-state index contributed by atoms with van der Waals surface area (Å²) in [7, 11) is -1.12. The lowest BCUT2D eigenvalue weighted by Gasteiger charge is -1.97. The predicted molar refractivity (Wildman–Crippen MR) is 45.7 cm³/mol. The van der Waals surface area contributed by atoms with Gasteiger partial charge in [-0.25, -0.2) is 4.79 Å². The van der Waals surface area contributed by atoms with Crippen molar-refractivity contribution < 1.29 is 14.1 Å². The highest BCUT2D eigenvalue weighted by atomic mass is 32.2. The predicted octanol–water partition coefficient (Wildman–Crippen LogP) is 1.12. The van der Waals surface area contributed by atoms with E-state index in [1.165, 1.54) is 18.4 Å². The van der Waals surface area contributed by atoms with Gasteiger partial charge in [-0.05, 0) is 18.2 Å². The molecule has 0 spiro atoms. The molecule has 0 radical (unpaired) electrons. The third kappa shape index (κ3) is 1.92. The molecule has 1 aromatic carbocycles. The van der Waals surface area contributed by atoms with Crippen molar-refractivity contribution in [3.8, 4) is 0 Å². The molecule has 64 valence electrons. The lowest BCUT2D eigenvalue weighted by Crippen LogP contribution is -1.97. The van der Waals surface area contributed by atoms with Crippen LogP contribution in [0.2, 0.25) is 0 Å². The first kappa shape index (κ1) is 8.93. The fourth-order valence-electron chi connectivity index (χ4n) is 0.808. The smallest absolute Gasteiger partial charge is 0.335 e. The van der Waals surface area contributed by atoms with Gasteiger partial charge in [-0.2, -0.15) is 0 Å². The molecule has 1 aromatic rings.